The second kappa shape index (κ2) is 2.63. The number of rotatable bonds is 1. The molecule has 2 aliphatic rings. The molecule has 2 heteroatoms. The Morgan fingerprint density at radius 3 is 3.00 bits per heavy atom. The number of anilines is 1. The number of fused-ring (bicyclic) bond motifs is 3. The Bertz CT molecular complexity index is 440. The third-order valence-corrected chi connectivity index (χ3v) is 3.82. The van der Waals surface area contributed by atoms with E-state index in [0.717, 1.165) is 12.1 Å². The maximum Gasteiger partial charge on any atom is 0.227 e. The van der Waals surface area contributed by atoms with Crippen LogP contribution in [-0.4, -0.2) is 11.4 Å². The molecule has 1 aromatic rings. The average Bonchev–Trinajstić information content (AvgIpc) is 2.86. The Kier molecular flexibility index (Phi) is 1.57. The van der Waals surface area contributed by atoms with Gasteiger partial charge in [-0.2, -0.15) is 0 Å². The van der Waals surface area contributed by atoms with Crippen molar-refractivity contribution in [1.82, 2.24) is 0 Å². The van der Waals surface area contributed by atoms with E-state index in [9.17, 15) is 4.79 Å². The summed E-state index contributed by atoms with van der Waals surface area (Å²) in [6.45, 7) is 4.13. The molecule has 2 nitrogen and oxygen atoms in total. The molecule has 0 spiro atoms. The number of hydrogen-bond acceptors (Lipinski definition) is 1. The monoisotopic (exact) mass is 201 g/mol. The molecule has 0 saturated heterocycles. The molecule has 1 fully saturated rings. The van der Waals surface area contributed by atoms with Gasteiger partial charge in [0.15, 0.2) is 0 Å². The number of para-hydroxylation sites is 1. The van der Waals surface area contributed by atoms with E-state index >= 15 is 0 Å². The SMILES string of the molecule is CCC(=O)N1c2ccccc2C2CC21C. The highest BCUT2D eigenvalue weighted by molar-refractivity contribution is 5.99. The van der Waals surface area contributed by atoms with Gasteiger partial charge in [0.05, 0.1) is 5.54 Å². The van der Waals surface area contributed by atoms with Gasteiger partial charge in [-0.1, -0.05) is 25.1 Å². The second-order valence-electron chi connectivity index (χ2n) is 4.76. The van der Waals surface area contributed by atoms with Crippen LogP contribution in [0.3, 0.4) is 0 Å². The summed E-state index contributed by atoms with van der Waals surface area (Å²) in [7, 11) is 0. The molecule has 78 valence electrons. The fourth-order valence-corrected chi connectivity index (χ4v) is 2.88. The fraction of sp³-hybridized carbons (Fsp3) is 0.462. The van der Waals surface area contributed by atoms with Gasteiger partial charge in [-0.3, -0.25) is 4.79 Å². The minimum Gasteiger partial charge on any atom is -0.306 e. The maximum atomic E-state index is 11.9. The number of benzene rings is 1. The van der Waals surface area contributed by atoms with E-state index in [-0.39, 0.29) is 11.4 Å². The van der Waals surface area contributed by atoms with Crippen LogP contribution in [0.5, 0.6) is 0 Å². The quantitative estimate of drug-likeness (QED) is 0.684. The topological polar surface area (TPSA) is 20.3 Å². The Balaban J connectivity index is 2.12. The molecule has 1 aromatic carbocycles. The van der Waals surface area contributed by atoms with Crippen LogP contribution in [-0.2, 0) is 4.79 Å². The molecule has 1 aliphatic carbocycles. The summed E-state index contributed by atoms with van der Waals surface area (Å²) in [6, 6.07) is 8.31. The van der Waals surface area contributed by atoms with Crippen molar-refractivity contribution in [1.29, 1.82) is 0 Å². The summed E-state index contributed by atoms with van der Waals surface area (Å²) < 4.78 is 0. The first-order chi connectivity index (χ1) is 7.18. The van der Waals surface area contributed by atoms with Crippen molar-refractivity contribution in [3.8, 4) is 0 Å². The van der Waals surface area contributed by atoms with Gasteiger partial charge in [0.2, 0.25) is 5.91 Å². The molecule has 1 amide bonds. The van der Waals surface area contributed by atoms with Crippen molar-refractivity contribution < 1.29 is 4.79 Å². The molecule has 0 aromatic heterocycles. The van der Waals surface area contributed by atoms with Gasteiger partial charge in [-0.05, 0) is 25.0 Å². The largest absolute Gasteiger partial charge is 0.306 e. The highest BCUT2D eigenvalue weighted by atomic mass is 16.2. The van der Waals surface area contributed by atoms with Crippen LogP contribution in [0, 0.1) is 0 Å². The normalized spacial score (nSPS) is 31.1. The van der Waals surface area contributed by atoms with Crippen molar-refractivity contribution in [2.45, 2.75) is 38.1 Å². The van der Waals surface area contributed by atoms with Gasteiger partial charge in [-0.15, -0.1) is 0 Å². The Labute approximate surface area is 89.9 Å². The zero-order valence-corrected chi connectivity index (χ0v) is 9.16. The number of carbonyl (C=O) groups is 1. The third-order valence-electron chi connectivity index (χ3n) is 3.82. The van der Waals surface area contributed by atoms with Gasteiger partial charge < -0.3 is 4.90 Å². The molecule has 0 bridgehead atoms. The summed E-state index contributed by atoms with van der Waals surface area (Å²) in [5.74, 6) is 0.842. The van der Waals surface area contributed by atoms with Crippen LogP contribution >= 0.6 is 0 Å². The minimum atomic E-state index is 0.0940. The van der Waals surface area contributed by atoms with Crippen molar-refractivity contribution >= 4 is 11.6 Å². The lowest BCUT2D eigenvalue weighted by Crippen LogP contribution is -2.38. The summed E-state index contributed by atoms with van der Waals surface area (Å²) >= 11 is 0. The highest BCUT2D eigenvalue weighted by Gasteiger charge is 2.62. The molecule has 0 radical (unpaired) electrons. The van der Waals surface area contributed by atoms with E-state index in [1.54, 1.807) is 0 Å². The fourth-order valence-electron chi connectivity index (χ4n) is 2.88. The summed E-state index contributed by atoms with van der Waals surface area (Å²) in [5, 5.41) is 0. The Morgan fingerprint density at radius 2 is 2.27 bits per heavy atom. The number of carbonyl (C=O) groups excluding carboxylic acids is 1. The van der Waals surface area contributed by atoms with Crippen LogP contribution < -0.4 is 4.90 Å². The first kappa shape index (κ1) is 8.96. The van der Waals surface area contributed by atoms with E-state index in [2.05, 4.69) is 25.1 Å². The van der Waals surface area contributed by atoms with E-state index in [1.807, 2.05) is 17.9 Å². The van der Waals surface area contributed by atoms with Crippen molar-refractivity contribution in [3.63, 3.8) is 0 Å². The first-order valence-corrected chi connectivity index (χ1v) is 5.60. The Hall–Kier alpha value is -1.31. The lowest BCUT2D eigenvalue weighted by atomic mass is 10.1. The van der Waals surface area contributed by atoms with E-state index in [0.29, 0.717) is 12.3 Å². The maximum absolute atomic E-state index is 11.9. The molecule has 2 unspecified atom stereocenters. The van der Waals surface area contributed by atoms with Gasteiger partial charge in [0, 0.05) is 18.0 Å². The molecule has 3 rings (SSSR count). The van der Waals surface area contributed by atoms with E-state index in [1.165, 1.54) is 5.56 Å². The summed E-state index contributed by atoms with van der Waals surface area (Å²) in [6.07, 6.45) is 1.73. The number of amides is 1. The lowest BCUT2D eigenvalue weighted by molar-refractivity contribution is -0.118. The zero-order valence-electron chi connectivity index (χ0n) is 9.16. The Morgan fingerprint density at radius 1 is 1.53 bits per heavy atom. The predicted molar refractivity (Wildman–Crippen MR) is 60.0 cm³/mol. The highest BCUT2D eigenvalue weighted by Crippen LogP contribution is 2.64. The standard InChI is InChI=1S/C13H15NO/c1-3-12(15)14-11-7-5-4-6-9(11)10-8-13(10,14)2/h4-7,10H,3,8H2,1-2H3. The van der Waals surface area contributed by atoms with Crippen LogP contribution in [0.25, 0.3) is 0 Å². The molecule has 1 aliphatic heterocycles. The van der Waals surface area contributed by atoms with Gasteiger partial charge >= 0.3 is 0 Å². The first-order valence-electron chi connectivity index (χ1n) is 5.60. The minimum absolute atomic E-state index is 0.0940. The van der Waals surface area contributed by atoms with Gasteiger partial charge in [0.25, 0.3) is 0 Å². The van der Waals surface area contributed by atoms with Crippen molar-refractivity contribution in [2.75, 3.05) is 4.90 Å². The molecule has 1 saturated carbocycles. The zero-order chi connectivity index (χ0) is 10.6. The summed E-state index contributed by atoms with van der Waals surface area (Å²) in [5.41, 5.74) is 2.60. The summed E-state index contributed by atoms with van der Waals surface area (Å²) in [4.78, 5) is 14.0. The van der Waals surface area contributed by atoms with Gasteiger partial charge in [-0.25, -0.2) is 0 Å². The number of hydrogen-bond donors (Lipinski definition) is 0. The molecule has 15 heavy (non-hydrogen) atoms. The van der Waals surface area contributed by atoms with E-state index < -0.39 is 0 Å². The van der Waals surface area contributed by atoms with E-state index in [4.69, 9.17) is 0 Å². The molecule has 2 atom stereocenters. The van der Waals surface area contributed by atoms with Crippen molar-refractivity contribution in [2.24, 2.45) is 0 Å². The number of nitrogens with zero attached hydrogens (tertiary/aromatic N) is 1. The second-order valence-corrected chi connectivity index (χ2v) is 4.76. The van der Waals surface area contributed by atoms with Crippen molar-refractivity contribution in [3.05, 3.63) is 29.8 Å². The third kappa shape index (κ3) is 0.969. The molecule has 0 N–H and O–H groups in total. The van der Waals surface area contributed by atoms with Crippen LogP contribution in [0.15, 0.2) is 24.3 Å². The lowest BCUT2D eigenvalue weighted by Gasteiger charge is -2.26. The molecule has 1 heterocycles. The van der Waals surface area contributed by atoms with Crippen LogP contribution in [0.1, 0.15) is 38.2 Å². The molecular formula is C13H15NO. The smallest absolute Gasteiger partial charge is 0.227 e. The average molecular weight is 201 g/mol. The predicted octanol–water partition coefficient (Wildman–Crippen LogP) is 2.69. The van der Waals surface area contributed by atoms with Crippen LogP contribution in [0.2, 0.25) is 0 Å². The van der Waals surface area contributed by atoms with Crippen LogP contribution in [0.4, 0.5) is 5.69 Å². The molecular weight excluding hydrogens is 186 g/mol. The van der Waals surface area contributed by atoms with Gasteiger partial charge in [0.1, 0.15) is 0 Å².